The van der Waals surface area contributed by atoms with Gasteiger partial charge in [-0.2, -0.15) is 0 Å². The summed E-state index contributed by atoms with van der Waals surface area (Å²) in [6.07, 6.45) is 6.58. The number of H-pyrrole nitrogens is 1. The molecule has 0 bridgehead atoms. The van der Waals surface area contributed by atoms with Gasteiger partial charge in [-0.3, -0.25) is 0 Å². The first-order valence-electron chi connectivity index (χ1n) is 5.16. The van der Waals surface area contributed by atoms with E-state index >= 15 is 0 Å². The molecule has 2 atom stereocenters. The van der Waals surface area contributed by atoms with Crippen LogP contribution in [0.4, 0.5) is 0 Å². The number of ether oxygens (including phenoxy) is 1. The van der Waals surface area contributed by atoms with Crippen LogP contribution in [0.15, 0.2) is 12.4 Å². The molecule has 1 aliphatic rings. The van der Waals surface area contributed by atoms with E-state index in [1.165, 1.54) is 0 Å². The zero-order valence-corrected chi connectivity index (χ0v) is 9.22. The highest BCUT2D eigenvalue weighted by molar-refractivity contribution is 7.71. The van der Waals surface area contributed by atoms with Crippen LogP contribution in [0.1, 0.15) is 19.8 Å². The van der Waals surface area contributed by atoms with E-state index in [0.717, 1.165) is 30.8 Å². The first-order chi connectivity index (χ1) is 6.81. The van der Waals surface area contributed by atoms with E-state index in [-0.39, 0.29) is 0 Å². The van der Waals surface area contributed by atoms with Crippen LogP contribution in [0.5, 0.6) is 0 Å². The highest BCUT2D eigenvalue weighted by Gasteiger charge is 2.26. The van der Waals surface area contributed by atoms with Gasteiger partial charge < -0.3 is 14.3 Å². The van der Waals surface area contributed by atoms with Gasteiger partial charge in [0.15, 0.2) is 4.77 Å². The Morgan fingerprint density at radius 2 is 2.57 bits per heavy atom. The molecule has 1 saturated heterocycles. The van der Waals surface area contributed by atoms with Crippen molar-refractivity contribution in [3.63, 3.8) is 0 Å². The lowest BCUT2D eigenvalue weighted by molar-refractivity contribution is 0.0834. The van der Waals surface area contributed by atoms with Crippen LogP contribution in [-0.2, 0) is 11.3 Å². The minimum absolute atomic E-state index is 0.423. The molecular formula is C10H16N2OS. The number of nitrogens with one attached hydrogen (secondary N) is 1. The quantitative estimate of drug-likeness (QED) is 0.779. The van der Waals surface area contributed by atoms with Crippen LogP contribution >= 0.6 is 12.2 Å². The van der Waals surface area contributed by atoms with Crippen LogP contribution < -0.4 is 0 Å². The summed E-state index contributed by atoms with van der Waals surface area (Å²) in [6, 6.07) is 0. The van der Waals surface area contributed by atoms with Crippen molar-refractivity contribution in [1.29, 1.82) is 0 Å². The number of hydrogen-bond acceptors (Lipinski definition) is 2. The van der Waals surface area contributed by atoms with E-state index in [2.05, 4.69) is 16.5 Å². The second kappa shape index (κ2) is 4.28. The molecule has 3 nitrogen and oxygen atoms in total. The fourth-order valence-electron chi connectivity index (χ4n) is 2.10. The predicted octanol–water partition coefficient (Wildman–Crippen LogP) is 2.36. The van der Waals surface area contributed by atoms with Crippen LogP contribution in [0.2, 0.25) is 0 Å². The van der Waals surface area contributed by atoms with Gasteiger partial charge in [-0.05, 0) is 25.1 Å². The van der Waals surface area contributed by atoms with Crippen molar-refractivity contribution >= 4 is 12.2 Å². The van der Waals surface area contributed by atoms with Gasteiger partial charge in [-0.1, -0.05) is 6.92 Å². The lowest BCUT2D eigenvalue weighted by Gasteiger charge is -2.16. The maximum Gasteiger partial charge on any atom is 0.177 e. The Kier molecular flexibility index (Phi) is 3.03. The van der Waals surface area contributed by atoms with Crippen molar-refractivity contribution in [3.8, 4) is 0 Å². The first-order valence-corrected chi connectivity index (χ1v) is 5.57. The smallest absolute Gasteiger partial charge is 0.177 e. The summed E-state index contributed by atoms with van der Waals surface area (Å²) in [7, 11) is 0. The molecular weight excluding hydrogens is 196 g/mol. The van der Waals surface area contributed by atoms with Crippen LogP contribution in [0.3, 0.4) is 0 Å². The van der Waals surface area contributed by atoms with Crippen molar-refractivity contribution in [2.75, 3.05) is 6.61 Å². The van der Waals surface area contributed by atoms with Crippen molar-refractivity contribution < 1.29 is 4.74 Å². The third kappa shape index (κ3) is 1.91. The molecule has 4 heteroatoms. The third-order valence-corrected chi connectivity index (χ3v) is 3.25. The van der Waals surface area contributed by atoms with Crippen molar-refractivity contribution in [3.05, 3.63) is 17.2 Å². The van der Waals surface area contributed by atoms with Crippen molar-refractivity contribution in [1.82, 2.24) is 9.55 Å². The number of aromatic amines is 1. The van der Waals surface area contributed by atoms with Crippen LogP contribution in [-0.4, -0.2) is 22.3 Å². The predicted molar refractivity (Wildman–Crippen MR) is 57.8 cm³/mol. The highest BCUT2D eigenvalue weighted by Crippen LogP contribution is 2.24. The van der Waals surface area contributed by atoms with E-state index in [0.29, 0.717) is 12.0 Å². The van der Waals surface area contributed by atoms with Gasteiger partial charge in [0.05, 0.1) is 6.10 Å². The SMILES string of the molecule is CCC1OCCC1Cn1cc[nH]c1=S. The van der Waals surface area contributed by atoms with Crippen molar-refractivity contribution in [2.45, 2.75) is 32.4 Å². The fraction of sp³-hybridized carbons (Fsp3) is 0.700. The topological polar surface area (TPSA) is 29.9 Å². The average molecular weight is 212 g/mol. The number of aromatic nitrogens is 2. The van der Waals surface area contributed by atoms with Gasteiger partial charge in [0.25, 0.3) is 0 Å². The van der Waals surface area contributed by atoms with E-state index < -0.39 is 0 Å². The summed E-state index contributed by atoms with van der Waals surface area (Å²) in [5.74, 6) is 0.627. The Hall–Kier alpha value is -0.610. The normalized spacial score (nSPS) is 26.9. The highest BCUT2D eigenvalue weighted by atomic mass is 32.1. The fourth-order valence-corrected chi connectivity index (χ4v) is 2.30. The molecule has 14 heavy (non-hydrogen) atoms. The molecule has 0 radical (unpaired) electrons. The molecule has 2 rings (SSSR count). The van der Waals surface area contributed by atoms with Gasteiger partial charge in [0.2, 0.25) is 0 Å². The second-order valence-electron chi connectivity index (χ2n) is 3.78. The summed E-state index contributed by atoms with van der Waals surface area (Å²) in [4.78, 5) is 3.01. The molecule has 1 aromatic rings. The summed E-state index contributed by atoms with van der Waals surface area (Å²) in [5, 5.41) is 0. The van der Waals surface area contributed by atoms with E-state index in [9.17, 15) is 0 Å². The lowest BCUT2D eigenvalue weighted by Crippen LogP contribution is -2.19. The summed E-state index contributed by atoms with van der Waals surface area (Å²) >= 11 is 5.16. The van der Waals surface area contributed by atoms with Gasteiger partial charge in [0, 0.05) is 31.5 Å². The third-order valence-electron chi connectivity index (χ3n) is 2.90. The van der Waals surface area contributed by atoms with Gasteiger partial charge in [-0.25, -0.2) is 0 Å². The number of hydrogen-bond donors (Lipinski definition) is 1. The minimum atomic E-state index is 0.423. The Morgan fingerprint density at radius 3 is 3.21 bits per heavy atom. The largest absolute Gasteiger partial charge is 0.378 e. The molecule has 1 N–H and O–H groups in total. The molecule has 1 fully saturated rings. The van der Waals surface area contributed by atoms with Crippen LogP contribution in [0.25, 0.3) is 0 Å². The summed E-state index contributed by atoms with van der Waals surface area (Å²) < 4.78 is 8.55. The van der Waals surface area contributed by atoms with Crippen LogP contribution in [0, 0.1) is 10.7 Å². The number of nitrogens with zero attached hydrogens (tertiary/aromatic N) is 1. The average Bonchev–Trinajstić information content (AvgIpc) is 2.77. The number of rotatable bonds is 3. The van der Waals surface area contributed by atoms with Gasteiger partial charge >= 0.3 is 0 Å². The Labute approximate surface area is 89.1 Å². The maximum absolute atomic E-state index is 5.65. The molecule has 0 saturated carbocycles. The lowest BCUT2D eigenvalue weighted by atomic mass is 10.00. The minimum Gasteiger partial charge on any atom is -0.378 e. The van der Waals surface area contributed by atoms with E-state index in [1.54, 1.807) is 0 Å². The zero-order chi connectivity index (χ0) is 9.97. The Bertz CT molecular complexity index is 344. The molecule has 2 unspecified atom stereocenters. The first kappa shape index (κ1) is 9.93. The monoisotopic (exact) mass is 212 g/mol. The van der Waals surface area contributed by atoms with Crippen molar-refractivity contribution in [2.24, 2.45) is 5.92 Å². The number of imidazole rings is 1. The zero-order valence-electron chi connectivity index (χ0n) is 8.40. The molecule has 0 amide bonds. The van der Waals surface area contributed by atoms with E-state index in [4.69, 9.17) is 17.0 Å². The van der Waals surface area contributed by atoms with Gasteiger partial charge in [-0.15, -0.1) is 0 Å². The molecule has 0 aromatic carbocycles. The molecule has 1 aliphatic heterocycles. The molecule has 78 valence electrons. The molecule has 2 heterocycles. The molecule has 0 spiro atoms. The van der Waals surface area contributed by atoms with Gasteiger partial charge in [0.1, 0.15) is 0 Å². The Balaban J connectivity index is 2.04. The standard InChI is InChI=1S/C10H16N2OS/c1-2-9-8(3-6-13-9)7-12-5-4-11-10(12)14/h4-5,8-9H,2-3,6-7H2,1H3,(H,11,14). The summed E-state index contributed by atoms with van der Waals surface area (Å²) in [5.41, 5.74) is 0. The Morgan fingerprint density at radius 1 is 1.71 bits per heavy atom. The maximum atomic E-state index is 5.65. The van der Waals surface area contributed by atoms with E-state index in [1.807, 2.05) is 12.4 Å². The molecule has 0 aliphatic carbocycles. The second-order valence-corrected chi connectivity index (χ2v) is 4.17. The molecule has 1 aromatic heterocycles. The summed E-state index contributed by atoms with van der Waals surface area (Å²) in [6.45, 7) is 4.07.